The van der Waals surface area contributed by atoms with Gasteiger partial charge in [-0.25, -0.2) is 0 Å². The van der Waals surface area contributed by atoms with Gasteiger partial charge >= 0.3 is 0 Å². The van der Waals surface area contributed by atoms with Crippen LogP contribution in [-0.4, -0.2) is 22.2 Å². The fourth-order valence-corrected chi connectivity index (χ4v) is 6.30. The van der Waals surface area contributed by atoms with Gasteiger partial charge in [0.2, 0.25) is 5.91 Å². The number of hydrogen-bond donors (Lipinski definition) is 1. The average Bonchev–Trinajstić information content (AvgIpc) is 2.75. The van der Waals surface area contributed by atoms with Crippen molar-refractivity contribution in [1.82, 2.24) is 15.1 Å². The maximum absolute atomic E-state index is 12.4. The third kappa shape index (κ3) is 2.89. The normalized spacial score (nSPS) is 33.9. The molecule has 0 aromatic carbocycles. The number of aryl methyl sites for hydroxylation is 2. The SMILES string of the molecule is Cc1nn(C)c(C)c1CCC(=O)NCC12CC3CC(CC(C3)C1)C2. The van der Waals surface area contributed by atoms with Crippen molar-refractivity contribution in [3.05, 3.63) is 17.0 Å². The van der Waals surface area contributed by atoms with E-state index in [1.807, 2.05) is 18.7 Å². The first-order valence-corrected chi connectivity index (χ1v) is 9.70. The Hall–Kier alpha value is -1.32. The van der Waals surface area contributed by atoms with Crippen LogP contribution in [-0.2, 0) is 18.3 Å². The first-order chi connectivity index (χ1) is 11.4. The summed E-state index contributed by atoms with van der Waals surface area (Å²) in [6.07, 6.45) is 9.87. The summed E-state index contributed by atoms with van der Waals surface area (Å²) in [5.41, 5.74) is 3.91. The number of nitrogens with zero attached hydrogens (tertiary/aromatic N) is 2. The lowest BCUT2D eigenvalue weighted by atomic mass is 9.49. The average molecular weight is 329 g/mol. The lowest BCUT2D eigenvalue weighted by Crippen LogP contribution is -2.51. The molecule has 0 spiro atoms. The molecule has 4 bridgehead atoms. The van der Waals surface area contributed by atoms with Crippen LogP contribution in [0.2, 0.25) is 0 Å². The fourth-order valence-electron chi connectivity index (χ4n) is 6.30. The summed E-state index contributed by atoms with van der Waals surface area (Å²) in [5, 5.41) is 7.74. The highest BCUT2D eigenvalue weighted by atomic mass is 16.1. The summed E-state index contributed by atoms with van der Waals surface area (Å²) < 4.78 is 1.91. The quantitative estimate of drug-likeness (QED) is 0.901. The Morgan fingerprint density at radius 2 is 1.75 bits per heavy atom. The van der Waals surface area contributed by atoms with Crippen LogP contribution < -0.4 is 5.32 Å². The van der Waals surface area contributed by atoms with Crippen LogP contribution in [0.15, 0.2) is 0 Å². The number of rotatable bonds is 5. The Morgan fingerprint density at radius 3 is 2.25 bits per heavy atom. The Bertz CT molecular complexity index is 610. The lowest BCUT2D eigenvalue weighted by Gasteiger charge is -2.56. The molecule has 4 saturated carbocycles. The van der Waals surface area contributed by atoms with Crippen molar-refractivity contribution < 1.29 is 4.79 Å². The predicted octanol–water partition coefficient (Wildman–Crippen LogP) is 3.30. The smallest absolute Gasteiger partial charge is 0.220 e. The number of aromatic nitrogens is 2. The Labute approximate surface area is 145 Å². The largest absolute Gasteiger partial charge is 0.356 e. The summed E-state index contributed by atoms with van der Waals surface area (Å²) in [6, 6.07) is 0. The molecule has 1 N–H and O–H groups in total. The minimum absolute atomic E-state index is 0.216. The van der Waals surface area contributed by atoms with E-state index >= 15 is 0 Å². The highest BCUT2D eigenvalue weighted by Crippen LogP contribution is 2.59. The molecular formula is C20H31N3O. The number of amides is 1. The van der Waals surface area contributed by atoms with Gasteiger partial charge in [-0.3, -0.25) is 9.48 Å². The van der Waals surface area contributed by atoms with Gasteiger partial charge in [-0.05, 0) is 87.5 Å². The van der Waals surface area contributed by atoms with Crippen LogP contribution in [0.4, 0.5) is 0 Å². The second kappa shape index (κ2) is 5.89. The van der Waals surface area contributed by atoms with Crippen LogP contribution in [0, 0.1) is 37.0 Å². The van der Waals surface area contributed by atoms with Crippen LogP contribution >= 0.6 is 0 Å². The van der Waals surface area contributed by atoms with Crippen molar-refractivity contribution in [2.24, 2.45) is 30.2 Å². The highest BCUT2D eigenvalue weighted by Gasteiger charge is 2.50. The summed E-state index contributed by atoms with van der Waals surface area (Å²) in [7, 11) is 1.97. The summed E-state index contributed by atoms with van der Waals surface area (Å²) in [4.78, 5) is 12.4. The summed E-state index contributed by atoms with van der Waals surface area (Å²) in [6.45, 7) is 5.04. The molecule has 4 nitrogen and oxygen atoms in total. The number of hydrogen-bond acceptors (Lipinski definition) is 2. The van der Waals surface area contributed by atoms with Gasteiger partial charge < -0.3 is 5.32 Å². The predicted molar refractivity (Wildman–Crippen MR) is 94.6 cm³/mol. The maximum Gasteiger partial charge on any atom is 0.220 e. The molecule has 5 rings (SSSR count). The van der Waals surface area contributed by atoms with E-state index in [9.17, 15) is 4.79 Å². The van der Waals surface area contributed by atoms with Gasteiger partial charge in [0.15, 0.2) is 0 Å². The van der Waals surface area contributed by atoms with Crippen molar-refractivity contribution in [3.8, 4) is 0 Å². The van der Waals surface area contributed by atoms with Crippen LogP contribution in [0.1, 0.15) is 61.9 Å². The minimum Gasteiger partial charge on any atom is -0.356 e. The number of carbonyl (C=O) groups is 1. The molecule has 0 saturated heterocycles. The van der Waals surface area contributed by atoms with E-state index in [0.29, 0.717) is 11.8 Å². The van der Waals surface area contributed by atoms with E-state index in [2.05, 4.69) is 17.3 Å². The van der Waals surface area contributed by atoms with Crippen molar-refractivity contribution in [1.29, 1.82) is 0 Å². The second-order valence-electron chi connectivity index (χ2n) is 8.97. The molecule has 0 aliphatic heterocycles. The molecule has 1 aromatic rings. The Morgan fingerprint density at radius 1 is 1.17 bits per heavy atom. The van der Waals surface area contributed by atoms with Gasteiger partial charge in [-0.1, -0.05) is 0 Å². The maximum atomic E-state index is 12.4. The number of carbonyl (C=O) groups excluding carboxylic acids is 1. The van der Waals surface area contributed by atoms with E-state index in [1.165, 1.54) is 49.8 Å². The third-order valence-corrected chi connectivity index (χ3v) is 7.09. The van der Waals surface area contributed by atoms with Gasteiger partial charge in [-0.2, -0.15) is 5.10 Å². The number of nitrogens with one attached hydrogen (secondary N) is 1. The van der Waals surface area contributed by atoms with Crippen molar-refractivity contribution in [2.45, 2.75) is 65.2 Å². The van der Waals surface area contributed by atoms with E-state index in [1.54, 1.807) is 0 Å². The lowest BCUT2D eigenvalue weighted by molar-refractivity contribution is -0.123. The zero-order valence-electron chi connectivity index (χ0n) is 15.4. The Kier molecular flexibility index (Phi) is 3.97. The van der Waals surface area contributed by atoms with Crippen molar-refractivity contribution in [3.63, 3.8) is 0 Å². The molecule has 4 aliphatic rings. The summed E-state index contributed by atoms with van der Waals surface area (Å²) >= 11 is 0. The van der Waals surface area contributed by atoms with Crippen LogP contribution in [0.25, 0.3) is 0 Å². The standard InChI is InChI=1S/C20H31N3O/c1-13-18(14(2)23(3)22-13)4-5-19(24)21-12-20-9-15-6-16(10-20)8-17(7-15)11-20/h15-17H,4-12H2,1-3H3,(H,21,24). The molecule has 4 fully saturated rings. The highest BCUT2D eigenvalue weighted by molar-refractivity contribution is 5.76. The van der Waals surface area contributed by atoms with Gasteiger partial charge in [-0.15, -0.1) is 0 Å². The molecular weight excluding hydrogens is 298 g/mol. The first kappa shape index (κ1) is 16.2. The van der Waals surface area contributed by atoms with Crippen molar-refractivity contribution >= 4 is 5.91 Å². The van der Waals surface area contributed by atoms with E-state index in [4.69, 9.17) is 0 Å². The van der Waals surface area contributed by atoms with E-state index in [0.717, 1.165) is 36.4 Å². The van der Waals surface area contributed by atoms with Crippen LogP contribution in [0.3, 0.4) is 0 Å². The summed E-state index contributed by atoms with van der Waals surface area (Å²) in [5.74, 6) is 3.07. The molecule has 24 heavy (non-hydrogen) atoms. The molecule has 0 atom stereocenters. The van der Waals surface area contributed by atoms with Crippen molar-refractivity contribution in [2.75, 3.05) is 6.54 Å². The van der Waals surface area contributed by atoms with Crippen LogP contribution in [0.5, 0.6) is 0 Å². The van der Waals surface area contributed by atoms with Gasteiger partial charge in [0.1, 0.15) is 0 Å². The van der Waals surface area contributed by atoms with E-state index < -0.39 is 0 Å². The molecule has 1 amide bonds. The van der Waals surface area contributed by atoms with E-state index in [-0.39, 0.29) is 5.91 Å². The van der Waals surface area contributed by atoms with Gasteiger partial charge in [0, 0.05) is 25.7 Å². The molecule has 1 aromatic heterocycles. The fraction of sp³-hybridized carbons (Fsp3) is 0.800. The zero-order chi connectivity index (χ0) is 16.9. The zero-order valence-corrected chi connectivity index (χ0v) is 15.4. The Balaban J connectivity index is 1.31. The minimum atomic E-state index is 0.216. The molecule has 4 aliphatic carbocycles. The van der Waals surface area contributed by atoms with Gasteiger partial charge in [0.05, 0.1) is 5.69 Å². The molecule has 0 unspecified atom stereocenters. The first-order valence-electron chi connectivity index (χ1n) is 9.70. The topological polar surface area (TPSA) is 46.9 Å². The molecule has 132 valence electrons. The third-order valence-electron chi connectivity index (χ3n) is 7.09. The van der Waals surface area contributed by atoms with Gasteiger partial charge in [0.25, 0.3) is 0 Å². The monoisotopic (exact) mass is 329 g/mol. The molecule has 4 heteroatoms. The second-order valence-corrected chi connectivity index (χ2v) is 8.97. The molecule has 1 heterocycles. The molecule has 0 radical (unpaired) electrons.